The number of carbonyl (C=O) groups excluding carboxylic acids is 2. The summed E-state index contributed by atoms with van der Waals surface area (Å²) in [6.07, 6.45) is 1.96. The minimum absolute atomic E-state index is 0.207. The highest BCUT2D eigenvalue weighted by molar-refractivity contribution is 6.43. The highest BCUT2D eigenvalue weighted by Gasteiger charge is 2.41. The summed E-state index contributed by atoms with van der Waals surface area (Å²) in [7, 11) is 0. The van der Waals surface area contributed by atoms with Gasteiger partial charge in [0.2, 0.25) is 0 Å². The van der Waals surface area contributed by atoms with E-state index in [9.17, 15) is 9.59 Å². The fraction of sp³-hybridized carbons (Fsp3) is 0.273. The summed E-state index contributed by atoms with van der Waals surface area (Å²) < 4.78 is 0. The first-order valence-corrected chi connectivity index (χ1v) is 4.95. The highest BCUT2D eigenvalue weighted by atomic mass is 16.2. The Balaban J connectivity index is 2.12. The fourth-order valence-electron chi connectivity index (χ4n) is 1.83. The van der Waals surface area contributed by atoms with E-state index in [2.05, 4.69) is 5.32 Å². The molecule has 0 spiro atoms. The number of amides is 2. The Morgan fingerprint density at radius 1 is 1.20 bits per heavy atom. The molecule has 4 heteroatoms. The number of fused-ring (bicyclic) bond motifs is 1. The third-order valence-electron chi connectivity index (χ3n) is 2.68. The van der Waals surface area contributed by atoms with Crippen LogP contribution < -0.4 is 10.2 Å². The average molecular weight is 201 g/mol. The molecule has 0 atom stereocenters. The Bertz CT molecular complexity index is 452. The van der Waals surface area contributed by atoms with Crippen LogP contribution in [0, 0.1) is 0 Å². The second-order valence-corrected chi connectivity index (χ2v) is 3.81. The van der Waals surface area contributed by atoms with Crippen molar-refractivity contribution in [3.8, 4) is 0 Å². The molecule has 2 amide bonds. The first-order chi connectivity index (χ1) is 7.27. The lowest BCUT2D eigenvalue weighted by molar-refractivity contribution is -0.137. The second-order valence-electron chi connectivity index (χ2n) is 3.81. The van der Waals surface area contributed by atoms with Gasteiger partial charge < -0.3 is 0 Å². The Kier molecular flexibility index (Phi) is 1.59. The normalized spacial score (nSPS) is 19.9. The molecule has 1 aromatic carbocycles. The smallest absolute Gasteiger partial charge is 0.299 e. The lowest BCUT2D eigenvalue weighted by Gasteiger charge is -2.27. The van der Waals surface area contributed by atoms with Crippen molar-refractivity contribution in [2.75, 3.05) is 4.90 Å². The minimum Gasteiger partial charge on any atom is -0.299 e. The van der Waals surface area contributed by atoms with E-state index in [0.717, 1.165) is 18.5 Å². The molecule has 0 saturated heterocycles. The Morgan fingerprint density at radius 3 is 2.67 bits per heavy atom. The molecular weight excluding hydrogens is 192 g/mol. The highest BCUT2D eigenvalue weighted by Crippen LogP contribution is 2.38. The van der Waals surface area contributed by atoms with Crippen molar-refractivity contribution in [2.24, 2.45) is 0 Å². The molecule has 0 bridgehead atoms. The number of hydrogen-bond donors (Lipinski definition) is 0. The van der Waals surface area contributed by atoms with Gasteiger partial charge in [0.25, 0.3) is 0 Å². The fourth-order valence-corrected chi connectivity index (χ4v) is 1.83. The van der Waals surface area contributed by atoms with Crippen LogP contribution in [-0.4, -0.2) is 17.9 Å². The maximum atomic E-state index is 11.7. The molecule has 2 aliphatic rings. The zero-order valence-corrected chi connectivity index (χ0v) is 8.01. The van der Waals surface area contributed by atoms with E-state index in [1.165, 1.54) is 0 Å². The first kappa shape index (κ1) is 8.47. The molecule has 1 saturated carbocycles. The van der Waals surface area contributed by atoms with Crippen LogP contribution in [0.1, 0.15) is 12.8 Å². The summed E-state index contributed by atoms with van der Waals surface area (Å²) in [5.74, 6) is -1.14. The average Bonchev–Trinajstić information content (AvgIpc) is 3.04. The molecule has 75 valence electrons. The molecule has 0 unspecified atom stereocenters. The minimum atomic E-state index is -0.652. The SMILES string of the molecule is O=C1[N]c2ccccc2N(C2CC2)C1=O. The number of hydrogen-bond acceptors (Lipinski definition) is 2. The standard InChI is InChI=1S/C11H9N2O2/c14-10-11(15)13(7-5-6-7)9-4-2-1-3-8(9)12-10/h1-4,7H,5-6H2. The van der Waals surface area contributed by atoms with Crippen LogP contribution in [0.5, 0.6) is 0 Å². The number of rotatable bonds is 1. The largest absolute Gasteiger partial charge is 0.336 e. The topological polar surface area (TPSA) is 51.5 Å². The van der Waals surface area contributed by atoms with E-state index in [-0.39, 0.29) is 6.04 Å². The van der Waals surface area contributed by atoms with E-state index in [1.54, 1.807) is 11.0 Å². The van der Waals surface area contributed by atoms with Gasteiger partial charge in [-0.25, -0.2) is 5.32 Å². The molecule has 1 fully saturated rings. The molecule has 1 aliphatic heterocycles. The van der Waals surface area contributed by atoms with Gasteiger partial charge >= 0.3 is 11.8 Å². The van der Waals surface area contributed by atoms with Crippen molar-refractivity contribution < 1.29 is 9.59 Å². The van der Waals surface area contributed by atoms with Gasteiger partial charge in [0, 0.05) is 6.04 Å². The molecule has 1 radical (unpaired) electrons. The van der Waals surface area contributed by atoms with Gasteiger partial charge in [-0.15, -0.1) is 0 Å². The lowest BCUT2D eigenvalue weighted by atomic mass is 10.2. The molecule has 1 aromatic rings. The number of carbonyl (C=O) groups is 2. The van der Waals surface area contributed by atoms with Gasteiger partial charge in [-0.2, -0.15) is 0 Å². The molecule has 1 aliphatic carbocycles. The third-order valence-corrected chi connectivity index (χ3v) is 2.68. The van der Waals surface area contributed by atoms with Crippen LogP contribution in [0.15, 0.2) is 24.3 Å². The summed E-state index contributed by atoms with van der Waals surface area (Å²) in [4.78, 5) is 24.6. The van der Waals surface area contributed by atoms with Gasteiger partial charge in [-0.3, -0.25) is 14.5 Å². The summed E-state index contributed by atoms with van der Waals surface area (Å²) in [5.41, 5.74) is 1.37. The molecule has 0 N–H and O–H groups in total. The van der Waals surface area contributed by atoms with Crippen molar-refractivity contribution in [1.82, 2.24) is 5.32 Å². The van der Waals surface area contributed by atoms with Crippen LogP contribution in [0.4, 0.5) is 11.4 Å². The predicted octanol–water partition coefficient (Wildman–Crippen LogP) is 0.958. The third kappa shape index (κ3) is 1.21. The molecule has 15 heavy (non-hydrogen) atoms. The number of nitrogens with zero attached hydrogens (tertiary/aromatic N) is 2. The quantitative estimate of drug-likeness (QED) is 0.635. The second kappa shape index (κ2) is 2.82. The first-order valence-electron chi connectivity index (χ1n) is 4.95. The van der Waals surface area contributed by atoms with Gasteiger partial charge in [-0.05, 0) is 25.0 Å². The van der Waals surface area contributed by atoms with Gasteiger partial charge in [0.1, 0.15) is 0 Å². The van der Waals surface area contributed by atoms with Gasteiger partial charge in [0.15, 0.2) is 0 Å². The van der Waals surface area contributed by atoms with Crippen LogP contribution >= 0.6 is 0 Å². The van der Waals surface area contributed by atoms with Crippen LogP contribution in [0.25, 0.3) is 0 Å². The number of benzene rings is 1. The molecule has 3 rings (SSSR count). The Labute approximate surface area is 86.9 Å². The van der Waals surface area contributed by atoms with Crippen molar-refractivity contribution in [1.29, 1.82) is 0 Å². The van der Waals surface area contributed by atoms with Crippen LogP contribution in [0.2, 0.25) is 0 Å². The van der Waals surface area contributed by atoms with E-state index in [4.69, 9.17) is 0 Å². The summed E-state index contributed by atoms with van der Waals surface area (Å²) in [6.45, 7) is 0. The maximum absolute atomic E-state index is 11.7. The molecule has 4 nitrogen and oxygen atoms in total. The van der Waals surface area contributed by atoms with Gasteiger partial charge in [-0.1, -0.05) is 12.1 Å². The van der Waals surface area contributed by atoms with E-state index < -0.39 is 11.8 Å². The van der Waals surface area contributed by atoms with Gasteiger partial charge in [0.05, 0.1) is 11.4 Å². The molecule has 1 heterocycles. The number of anilines is 1. The molecule has 0 aromatic heterocycles. The predicted molar refractivity (Wildman–Crippen MR) is 53.8 cm³/mol. The van der Waals surface area contributed by atoms with Crippen molar-refractivity contribution >= 4 is 23.2 Å². The van der Waals surface area contributed by atoms with Crippen molar-refractivity contribution in [2.45, 2.75) is 18.9 Å². The summed E-state index contributed by atoms with van der Waals surface area (Å²) >= 11 is 0. The number of para-hydroxylation sites is 2. The summed E-state index contributed by atoms with van der Waals surface area (Å²) in [5, 5.41) is 3.76. The Morgan fingerprint density at radius 2 is 1.93 bits per heavy atom. The molecular formula is C11H9N2O2. The Hall–Kier alpha value is -1.84. The zero-order valence-electron chi connectivity index (χ0n) is 8.01. The van der Waals surface area contributed by atoms with E-state index in [1.807, 2.05) is 18.2 Å². The zero-order chi connectivity index (χ0) is 10.4. The van der Waals surface area contributed by atoms with E-state index >= 15 is 0 Å². The van der Waals surface area contributed by atoms with E-state index in [0.29, 0.717) is 5.69 Å². The van der Waals surface area contributed by atoms with Crippen LogP contribution in [-0.2, 0) is 9.59 Å². The monoisotopic (exact) mass is 201 g/mol. The maximum Gasteiger partial charge on any atom is 0.336 e. The van der Waals surface area contributed by atoms with Crippen LogP contribution in [0.3, 0.4) is 0 Å². The van der Waals surface area contributed by atoms with Crippen molar-refractivity contribution in [3.05, 3.63) is 24.3 Å². The summed E-state index contributed by atoms with van der Waals surface area (Å²) in [6, 6.07) is 7.47. The van der Waals surface area contributed by atoms with Crippen molar-refractivity contribution in [3.63, 3.8) is 0 Å². The lowest BCUT2D eigenvalue weighted by Crippen LogP contribution is -2.44.